The third kappa shape index (κ3) is 2.67. The quantitative estimate of drug-likeness (QED) is 0.579. The number of thiol groups is 1. The Morgan fingerprint density at radius 1 is 1.39 bits per heavy atom. The van der Waals surface area contributed by atoms with E-state index in [0.29, 0.717) is 22.8 Å². The minimum absolute atomic E-state index is 0.276. The SMILES string of the molecule is CC(C)(C)c1nc(N)c2ncn([C@@H]3O[C@H](CO)[C@@H](O)[C@H]3S)c2n1. The van der Waals surface area contributed by atoms with Gasteiger partial charge in [0, 0.05) is 5.41 Å². The van der Waals surface area contributed by atoms with Crippen LogP contribution in [0.15, 0.2) is 6.33 Å². The van der Waals surface area contributed by atoms with Gasteiger partial charge in [0.05, 0.1) is 24.3 Å². The topological polar surface area (TPSA) is 119 Å². The molecule has 0 amide bonds. The molecule has 9 heteroatoms. The normalized spacial score (nSPS) is 28.6. The number of aliphatic hydroxyl groups excluding tert-OH is 2. The fourth-order valence-electron chi connectivity index (χ4n) is 2.57. The number of nitrogen functional groups attached to an aromatic ring is 1. The Bertz CT molecular complexity index is 729. The summed E-state index contributed by atoms with van der Waals surface area (Å²) in [7, 11) is 0. The minimum Gasteiger partial charge on any atom is -0.394 e. The van der Waals surface area contributed by atoms with Crippen molar-refractivity contribution in [3.05, 3.63) is 12.2 Å². The molecular formula is C14H21N5O3S. The van der Waals surface area contributed by atoms with Crippen LogP contribution in [0.25, 0.3) is 11.2 Å². The smallest absolute Gasteiger partial charge is 0.167 e. The van der Waals surface area contributed by atoms with Gasteiger partial charge < -0.3 is 20.7 Å². The van der Waals surface area contributed by atoms with Gasteiger partial charge in [0.2, 0.25) is 0 Å². The number of nitrogens with two attached hydrogens (primary N) is 1. The van der Waals surface area contributed by atoms with Crippen molar-refractivity contribution in [1.29, 1.82) is 0 Å². The number of anilines is 1. The highest BCUT2D eigenvalue weighted by atomic mass is 32.1. The molecule has 0 aromatic carbocycles. The Morgan fingerprint density at radius 3 is 2.65 bits per heavy atom. The monoisotopic (exact) mass is 339 g/mol. The second-order valence-corrected chi connectivity index (χ2v) is 7.33. The molecule has 2 aromatic rings. The highest BCUT2D eigenvalue weighted by molar-refractivity contribution is 7.81. The van der Waals surface area contributed by atoms with Crippen LogP contribution in [0.5, 0.6) is 0 Å². The molecule has 0 spiro atoms. The first kappa shape index (κ1) is 16.4. The summed E-state index contributed by atoms with van der Waals surface area (Å²) in [5.41, 5.74) is 6.73. The molecule has 23 heavy (non-hydrogen) atoms. The maximum atomic E-state index is 10.1. The number of aliphatic hydroxyl groups is 2. The third-order valence-electron chi connectivity index (χ3n) is 3.91. The Balaban J connectivity index is 2.10. The molecule has 2 aromatic heterocycles. The van der Waals surface area contributed by atoms with Crippen LogP contribution < -0.4 is 5.73 Å². The Labute approximate surface area is 139 Å². The van der Waals surface area contributed by atoms with Gasteiger partial charge in [-0.15, -0.1) is 0 Å². The molecule has 0 unspecified atom stereocenters. The molecule has 0 aliphatic carbocycles. The molecular weight excluding hydrogens is 318 g/mol. The van der Waals surface area contributed by atoms with Gasteiger partial charge in [-0.25, -0.2) is 15.0 Å². The van der Waals surface area contributed by atoms with Gasteiger partial charge in [0.25, 0.3) is 0 Å². The van der Waals surface area contributed by atoms with Crippen LogP contribution in [-0.2, 0) is 10.2 Å². The van der Waals surface area contributed by atoms with E-state index in [9.17, 15) is 10.2 Å². The van der Waals surface area contributed by atoms with Gasteiger partial charge in [-0.3, -0.25) is 4.57 Å². The number of ether oxygens (including phenoxy) is 1. The molecule has 1 fully saturated rings. The molecule has 126 valence electrons. The highest BCUT2D eigenvalue weighted by Gasteiger charge is 2.43. The number of rotatable bonds is 2. The van der Waals surface area contributed by atoms with Crippen molar-refractivity contribution in [3.63, 3.8) is 0 Å². The summed E-state index contributed by atoms with van der Waals surface area (Å²) >= 11 is 4.41. The van der Waals surface area contributed by atoms with E-state index in [1.165, 1.54) is 0 Å². The zero-order chi connectivity index (χ0) is 16.9. The van der Waals surface area contributed by atoms with E-state index in [2.05, 4.69) is 27.6 Å². The maximum Gasteiger partial charge on any atom is 0.167 e. The lowest BCUT2D eigenvalue weighted by molar-refractivity contribution is -0.0430. The molecule has 4 atom stereocenters. The lowest BCUT2D eigenvalue weighted by atomic mass is 9.96. The van der Waals surface area contributed by atoms with Crippen molar-refractivity contribution in [2.75, 3.05) is 12.3 Å². The van der Waals surface area contributed by atoms with E-state index in [1.54, 1.807) is 10.9 Å². The lowest BCUT2D eigenvalue weighted by Gasteiger charge is -2.19. The molecule has 0 radical (unpaired) electrons. The molecule has 1 saturated heterocycles. The van der Waals surface area contributed by atoms with E-state index in [-0.39, 0.29) is 12.0 Å². The number of imidazole rings is 1. The minimum atomic E-state index is -0.882. The van der Waals surface area contributed by atoms with Crippen molar-refractivity contribution in [2.45, 2.75) is 49.9 Å². The average Bonchev–Trinajstić information content (AvgIpc) is 3.01. The van der Waals surface area contributed by atoms with Crippen LogP contribution >= 0.6 is 12.6 Å². The Morgan fingerprint density at radius 2 is 2.09 bits per heavy atom. The molecule has 1 aliphatic heterocycles. The van der Waals surface area contributed by atoms with Gasteiger partial charge in [-0.05, 0) is 0 Å². The molecule has 0 bridgehead atoms. The van der Waals surface area contributed by atoms with Crippen LogP contribution in [0.1, 0.15) is 32.8 Å². The average molecular weight is 339 g/mol. The van der Waals surface area contributed by atoms with Crippen LogP contribution in [0.2, 0.25) is 0 Å². The fourth-order valence-corrected chi connectivity index (χ4v) is 2.98. The zero-order valence-corrected chi connectivity index (χ0v) is 14.1. The first-order chi connectivity index (χ1) is 10.7. The van der Waals surface area contributed by atoms with Crippen LogP contribution in [0.3, 0.4) is 0 Å². The number of fused-ring (bicyclic) bond motifs is 1. The van der Waals surface area contributed by atoms with Crippen LogP contribution in [-0.4, -0.2) is 53.8 Å². The van der Waals surface area contributed by atoms with E-state index in [4.69, 9.17) is 10.5 Å². The molecule has 4 N–H and O–H groups in total. The summed E-state index contributed by atoms with van der Waals surface area (Å²) in [6.07, 6.45) is -0.631. The number of hydrogen-bond acceptors (Lipinski definition) is 8. The van der Waals surface area contributed by atoms with Crippen molar-refractivity contribution in [2.24, 2.45) is 0 Å². The maximum absolute atomic E-state index is 10.1. The van der Waals surface area contributed by atoms with Gasteiger partial charge in [-0.1, -0.05) is 20.8 Å². The second-order valence-electron chi connectivity index (χ2n) is 6.74. The number of aromatic nitrogens is 4. The van der Waals surface area contributed by atoms with E-state index >= 15 is 0 Å². The first-order valence-corrected chi connectivity index (χ1v) is 7.88. The highest BCUT2D eigenvalue weighted by Crippen LogP contribution is 2.35. The largest absolute Gasteiger partial charge is 0.394 e. The van der Waals surface area contributed by atoms with Gasteiger partial charge >= 0.3 is 0 Å². The predicted molar refractivity (Wildman–Crippen MR) is 88.2 cm³/mol. The van der Waals surface area contributed by atoms with E-state index < -0.39 is 23.7 Å². The summed E-state index contributed by atoms with van der Waals surface area (Å²) in [5, 5.41) is 18.9. The zero-order valence-electron chi connectivity index (χ0n) is 13.2. The first-order valence-electron chi connectivity index (χ1n) is 7.37. The summed E-state index contributed by atoms with van der Waals surface area (Å²) in [6.45, 7) is 5.69. The van der Waals surface area contributed by atoms with Crippen LogP contribution in [0.4, 0.5) is 5.82 Å². The molecule has 3 rings (SSSR count). The van der Waals surface area contributed by atoms with Crippen molar-refractivity contribution < 1.29 is 14.9 Å². The number of hydrogen-bond donors (Lipinski definition) is 4. The molecule has 8 nitrogen and oxygen atoms in total. The standard InChI is InChI=1S/C14H21N5O3S/c1-14(2,3)13-17-10(15)7-11(18-13)19(5-16-7)12-9(23)8(21)6(4-20)22-12/h5-6,8-9,12,20-21,23H,4H2,1-3H3,(H2,15,17,18)/t6-,8-,9-,12-/m1/s1. The fraction of sp³-hybridized carbons (Fsp3) is 0.643. The van der Waals surface area contributed by atoms with Crippen molar-refractivity contribution in [1.82, 2.24) is 19.5 Å². The summed E-state index contributed by atoms with van der Waals surface area (Å²) in [6, 6.07) is 0. The Hall–Kier alpha value is -1.42. The van der Waals surface area contributed by atoms with E-state index in [1.807, 2.05) is 20.8 Å². The second kappa shape index (κ2) is 5.59. The summed E-state index contributed by atoms with van der Waals surface area (Å²) in [4.78, 5) is 13.1. The Kier molecular flexibility index (Phi) is 3.99. The summed E-state index contributed by atoms with van der Waals surface area (Å²) < 4.78 is 7.38. The van der Waals surface area contributed by atoms with E-state index in [0.717, 1.165) is 0 Å². The number of nitrogens with zero attached hydrogens (tertiary/aromatic N) is 4. The predicted octanol–water partition coefficient (Wildman–Crippen LogP) is 0.255. The van der Waals surface area contributed by atoms with Gasteiger partial charge in [0.15, 0.2) is 17.7 Å². The van der Waals surface area contributed by atoms with Gasteiger partial charge in [0.1, 0.15) is 17.4 Å². The lowest BCUT2D eigenvalue weighted by Crippen LogP contribution is -2.30. The third-order valence-corrected chi connectivity index (χ3v) is 4.47. The summed E-state index contributed by atoms with van der Waals surface area (Å²) in [5.74, 6) is 0.892. The van der Waals surface area contributed by atoms with Crippen molar-refractivity contribution in [3.8, 4) is 0 Å². The van der Waals surface area contributed by atoms with Crippen molar-refractivity contribution >= 4 is 29.6 Å². The molecule has 1 aliphatic rings. The molecule has 0 saturated carbocycles. The van der Waals surface area contributed by atoms with Gasteiger partial charge in [-0.2, -0.15) is 12.6 Å². The molecule has 3 heterocycles. The van der Waals surface area contributed by atoms with Crippen LogP contribution in [0, 0.1) is 0 Å².